The summed E-state index contributed by atoms with van der Waals surface area (Å²) in [5.41, 5.74) is 1.60. The van der Waals surface area contributed by atoms with Crippen molar-refractivity contribution in [3.63, 3.8) is 0 Å². The van der Waals surface area contributed by atoms with Gasteiger partial charge in [0.25, 0.3) is 5.91 Å². The first-order valence-electron chi connectivity index (χ1n) is 6.91. The van der Waals surface area contributed by atoms with Gasteiger partial charge in [0.05, 0.1) is 12.0 Å². The summed E-state index contributed by atoms with van der Waals surface area (Å²) in [6.07, 6.45) is 0.778. The van der Waals surface area contributed by atoms with Crippen LogP contribution in [0.4, 0.5) is 5.69 Å². The Morgan fingerprint density at radius 1 is 1.38 bits per heavy atom. The van der Waals surface area contributed by atoms with E-state index in [9.17, 15) is 9.59 Å². The van der Waals surface area contributed by atoms with Gasteiger partial charge < -0.3 is 14.8 Å². The van der Waals surface area contributed by atoms with E-state index in [1.54, 1.807) is 18.2 Å². The van der Waals surface area contributed by atoms with Crippen LogP contribution in [0.5, 0.6) is 0 Å². The molecule has 2 amide bonds. The van der Waals surface area contributed by atoms with Crippen molar-refractivity contribution in [3.8, 4) is 0 Å². The summed E-state index contributed by atoms with van der Waals surface area (Å²) in [5.74, 6) is -0.185. The molecule has 0 saturated carbocycles. The quantitative estimate of drug-likeness (QED) is 0.824. The molecule has 1 atom stereocenters. The highest BCUT2D eigenvalue weighted by Crippen LogP contribution is 2.38. The monoisotopic (exact) mass is 306 g/mol. The first-order valence-corrected chi connectivity index (χ1v) is 7.65. The predicted molar refractivity (Wildman–Crippen MR) is 82.1 cm³/mol. The Morgan fingerprint density at radius 3 is 2.81 bits per heavy atom. The minimum Gasteiger partial charge on any atom is -0.335 e. The van der Waals surface area contributed by atoms with Crippen molar-refractivity contribution in [1.82, 2.24) is 5.32 Å². The highest BCUT2D eigenvalue weighted by atomic mass is 32.2. The molecular weight excluding hydrogens is 288 g/mol. The van der Waals surface area contributed by atoms with Crippen LogP contribution in [0.25, 0.3) is 0 Å². The van der Waals surface area contributed by atoms with Gasteiger partial charge in [0, 0.05) is 29.7 Å². The number of rotatable bonds is 2. The number of carbonyl (C=O) groups is 2. The third kappa shape index (κ3) is 2.42. The van der Waals surface area contributed by atoms with E-state index in [1.165, 1.54) is 12.0 Å². The van der Waals surface area contributed by atoms with Crippen LogP contribution in [0.1, 0.15) is 43.1 Å². The zero-order valence-corrected chi connectivity index (χ0v) is 13.1. The topological polar surface area (TPSA) is 67.4 Å². The standard InChI is InChI=1S/C15H18N2O3S/c1-14(2)10-8-9(4-5-11(10)16-13(14)19)12(18)17-15(3)6-7-20-21-15/h4-5,8H,6-7H2,1-3H3,(H,16,19)(H,17,18). The van der Waals surface area contributed by atoms with Gasteiger partial charge in [0.2, 0.25) is 5.91 Å². The fourth-order valence-corrected chi connectivity index (χ4v) is 3.29. The maximum Gasteiger partial charge on any atom is 0.252 e. The number of amides is 2. The lowest BCUT2D eigenvalue weighted by Gasteiger charge is -2.22. The van der Waals surface area contributed by atoms with Crippen LogP contribution < -0.4 is 10.6 Å². The van der Waals surface area contributed by atoms with E-state index in [4.69, 9.17) is 4.18 Å². The van der Waals surface area contributed by atoms with Crippen LogP contribution in [0, 0.1) is 0 Å². The van der Waals surface area contributed by atoms with Crippen LogP contribution >= 0.6 is 12.0 Å². The van der Waals surface area contributed by atoms with Gasteiger partial charge in [-0.15, -0.1) is 0 Å². The molecule has 0 radical (unpaired) electrons. The van der Waals surface area contributed by atoms with Crippen molar-refractivity contribution in [2.45, 2.75) is 37.5 Å². The predicted octanol–water partition coefficient (Wildman–Crippen LogP) is 2.43. The molecule has 1 aromatic carbocycles. The molecule has 2 heterocycles. The van der Waals surface area contributed by atoms with Crippen LogP contribution in [0.3, 0.4) is 0 Å². The molecule has 0 bridgehead atoms. The Bertz CT molecular complexity index is 621. The molecule has 1 unspecified atom stereocenters. The summed E-state index contributed by atoms with van der Waals surface area (Å²) >= 11 is 1.29. The second kappa shape index (κ2) is 4.74. The van der Waals surface area contributed by atoms with Gasteiger partial charge in [0.1, 0.15) is 4.87 Å². The lowest BCUT2D eigenvalue weighted by Crippen LogP contribution is -2.41. The zero-order chi connectivity index (χ0) is 15.3. The number of benzene rings is 1. The Morgan fingerprint density at radius 2 is 2.14 bits per heavy atom. The second-order valence-electron chi connectivity index (χ2n) is 6.18. The second-order valence-corrected chi connectivity index (χ2v) is 7.48. The Hall–Kier alpha value is -1.53. The summed E-state index contributed by atoms with van der Waals surface area (Å²) in [5, 5.41) is 5.83. The average molecular weight is 306 g/mol. The van der Waals surface area contributed by atoms with Crippen molar-refractivity contribution in [2.24, 2.45) is 0 Å². The summed E-state index contributed by atoms with van der Waals surface area (Å²) in [6, 6.07) is 5.32. The molecule has 6 heteroatoms. The van der Waals surface area contributed by atoms with Gasteiger partial charge in [-0.25, -0.2) is 0 Å². The fourth-order valence-electron chi connectivity index (χ4n) is 2.56. The first-order chi connectivity index (χ1) is 9.82. The summed E-state index contributed by atoms with van der Waals surface area (Å²) in [6.45, 7) is 6.30. The van der Waals surface area contributed by atoms with E-state index in [1.807, 2.05) is 20.8 Å². The van der Waals surface area contributed by atoms with E-state index in [0.717, 1.165) is 17.7 Å². The molecule has 1 aromatic rings. The van der Waals surface area contributed by atoms with Crippen LogP contribution in [0.2, 0.25) is 0 Å². The molecular formula is C15H18N2O3S. The number of hydrogen-bond donors (Lipinski definition) is 2. The largest absolute Gasteiger partial charge is 0.335 e. The molecule has 2 aliphatic rings. The van der Waals surface area contributed by atoms with Crippen molar-refractivity contribution >= 4 is 29.5 Å². The summed E-state index contributed by atoms with van der Waals surface area (Å²) in [7, 11) is 0. The number of carbonyl (C=O) groups excluding carboxylic acids is 2. The molecule has 21 heavy (non-hydrogen) atoms. The molecule has 3 rings (SSSR count). The number of fused-ring (bicyclic) bond motifs is 1. The van der Waals surface area contributed by atoms with Crippen LogP contribution in [0.15, 0.2) is 18.2 Å². The zero-order valence-electron chi connectivity index (χ0n) is 12.3. The lowest BCUT2D eigenvalue weighted by molar-refractivity contribution is -0.119. The first kappa shape index (κ1) is 14.4. The van der Waals surface area contributed by atoms with Gasteiger partial charge in [-0.2, -0.15) is 0 Å². The Labute approximate surface area is 128 Å². The number of nitrogens with one attached hydrogen (secondary N) is 2. The van der Waals surface area contributed by atoms with Gasteiger partial charge in [-0.1, -0.05) is 0 Å². The minimum atomic E-state index is -0.610. The highest BCUT2D eigenvalue weighted by Gasteiger charge is 2.39. The molecule has 0 aromatic heterocycles. The van der Waals surface area contributed by atoms with E-state index >= 15 is 0 Å². The van der Waals surface area contributed by atoms with E-state index in [-0.39, 0.29) is 16.7 Å². The van der Waals surface area contributed by atoms with Crippen LogP contribution in [-0.2, 0) is 14.4 Å². The average Bonchev–Trinajstić information content (AvgIpc) is 2.93. The van der Waals surface area contributed by atoms with Crippen LogP contribution in [-0.4, -0.2) is 23.3 Å². The molecule has 2 N–H and O–H groups in total. The summed E-state index contributed by atoms with van der Waals surface area (Å²) in [4.78, 5) is 24.0. The van der Waals surface area contributed by atoms with Gasteiger partial charge in [-0.05, 0) is 44.5 Å². The van der Waals surface area contributed by atoms with E-state index in [2.05, 4.69) is 10.6 Å². The molecule has 5 nitrogen and oxygen atoms in total. The fraction of sp³-hybridized carbons (Fsp3) is 0.467. The highest BCUT2D eigenvalue weighted by molar-refractivity contribution is 7.96. The molecule has 0 spiro atoms. The van der Waals surface area contributed by atoms with Gasteiger partial charge in [0.15, 0.2) is 0 Å². The molecule has 1 saturated heterocycles. The lowest BCUT2D eigenvalue weighted by atomic mass is 9.85. The molecule has 2 aliphatic heterocycles. The third-order valence-electron chi connectivity index (χ3n) is 4.05. The smallest absolute Gasteiger partial charge is 0.252 e. The van der Waals surface area contributed by atoms with Crippen molar-refractivity contribution in [2.75, 3.05) is 11.9 Å². The SMILES string of the molecule is CC1(NC(=O)c2ccc3c(c2)C(C)(C)C(=O)N3)CCOS1. The van der Waals surface area contributed by atoms with Crippen molar-refractivity contribution < 1.29 is 13.8 Å². The number of anilines is 1. The third-order valence-corrected chi connectivity index (χ3v) is 5.01. The molecule has 1 fully saturated rings. The van der Waals surface area contributed by atoms with Crippen molar-refractivity contribution in [3.05, 3.63) is 29.3 Å². The molecule has 0 aliphatic carbocycles. The Kier molecular flexibility index (Phi) is 3.26. The Balaban J connectivity index is 1.86. The van der Waals surface area contributed by atoms with Gasteiger partial charge >= 0.3 is 0 Å². The minimum absolute atomic E-state index is 0.0400. The normalized spacial score (nSPS) is 26.3. The maximum atomic E-state index is 12.4. The van der Waals surface area contributed by atoms with Crippen molar-refractivity contribution in [1.29, 1.82) is 0 Å². The maximum absolute atomic E-state index is 12.4. The molecule has 112 valence electrons. The number of hydrogen-bond acceptors (Lipinski definition) is 4. The summed E-state index contributed by atoms with van der Waals surface area (Å²) < 4.78 is 5.27. The van der Waals surface area contributed by atoms with Gasteiger partial charge in [-0.3, -0.25) is 9.59 Å². The van der Waals surface area contributed by atoms with E-state index in [0.29, 0.717) is 12.2 Å². The van der Waals surface area contributed by atoms with E-state index < -0.39 is 5.41 Å².